The number of benzene rings is 1. The van der Waals surface area contributed by atoms with Gasteiger partial charge in [0.05, 0.1) is 7.11 Å². The molecule has 19 heavy (non-hydrogen) atoms. The topological polar surface area (TPSA) is 29.5 Å². The lowest BCUT2D eigenvalue weighted by Gasteiger charge is -2.19. The number of ether oxygens (including phenoxy) is 1. The number of amides is 1. The van der Waals surface area contributed by atoms with Crippen LogP contribution in [0.2, 0.25) is 0 Å². The van der Waals surface area contributed by atoms with E-state index < -0.39 is 0 Å². The Labute approximate surface area is 120 Å². The van der Waals surface area contributed by atoms with Crippen LogP contribution in [0, 0.1) is 6.92 Å². The van der Waals surface area contributed by atoms with Crippen molar-refractivity contribution in [2.75, 3.05) is 20.0 Å². The van der Waals surface area contributed by atoms with Crippen molar-refractivity contribution in [2.24, 2.45) is 0 Å². The molecule has 0 aliphatic heterocycles. The van der Waals surface area contributed by atoms with Gasteiger partial charge in [-0.2, -0.15) is 0 Å². The molecule has 0 aliphatic carbocycles. The Kier molecular flexibility index (Phi) is 6.71. The highest BCUT2D eigenvalue weighted by Crippen LogP contribution is 2.21. The summed E-state index contributed by atoms with van der Waals surface area (Å²) in [5.41, 5.74) is 2.20. The minimum atomic E-state index is 0.147. The number of carbonyl (C=O) groups excluding carboxylic acids is 1. The number of aryl methyl sites for hydroxylation is 1. The van der Waals surface area contributed by atoms with Crippen LogP contribution in [0.1, 0.15) is 30.4 Å². The van der Waals surface area contributed by atoms with Crippen molar-refractivity contribution in [3.63, 3.8) is 0 Å². The Morgan fingerprint density at radius 1 is 1.37 bits per heavy atom. The average Bonchev–Trinajstić information content (AvgIpc) is 2.39. The van der Waals surface area contributed by atoms with Crippen LogP contribution in [0.25, 0.3) is 0 Å². The molecule has 0 radical (unpaired) electrons. The average molecular weight is 284 g/mol. The van der Waals surface area contributed by atoms with E-state index in [-0.39, 0.29) is 5.91 Å². The largest absolute Gasteiger partial charge is 0.496 e. The molecule has 4 heteroatoms. The molecule has 0 heterocycles. The van der Waals surface area contributed by atoms with Crippen LogP contribution in [0.3, 0.4) is 0 Å². The first-order chi connectivity index (χ1) is 9.08. The molecule has 1 aromatic carbocycles. The van der Waals surface area contributed by atoms with Crippen LogP contribution in [0.4, 0.5) is 0 Å². The standard InChI is InChI=1S/C15H22ClNO2/c1-12-7-8-14(19-3)13(10-12)11-17(2)15(18)6-4-5-9-16/h7-8,10H,4-6,9,11H2,1-3H3. The number of hydrogen-bond donors (Lipinski definition) is 0. The number of nitrogens with zero attached hydrogens (tertiary/aromatic N) is 1. The maximum Gasteiger partial charge on any atom is 0.222 e. The van der Waals surface area contributed by atoms with Crippen LogP contribution in [-0.2, 0) is 11.3 Å². The molecule has 0 spiro atoms. The third-order valence-electron chi connectivity index (χ3n) is 3.04. The fourth-order valence-corrected chi connectivity index (χ4v) is 2.13. The summed E-state index contributed by atoms with van der Waals surface area (Å²) in [6.07, 6.45) is 2.28. The number of unbranched alkanes of at least 4 members (excludes halogenated alkanes) is 1. The summed E-state index contributed by atoms with van der Waals surface area (Å²) in [4.78, 5) is 13.7. The van der Waals surface area contributed by atoms with E-state index in [1.54, 1.807) is 12.0 Å². The van der Waals surface area contributed by atoms with Crippen LogP contribution in [0.15, 0.2) is 18.2 Å². The van der Waals surface area contributed by atoms with Crippen molar-refractivity contribution in [1.82, 2.24) is 4.90 Å². The van der Waals surface area contributed by atoms with E-state index in [1.165, 1.54) is 5.56 Å². The van der Waals surface area contributed by atoms with Gasteiger partial charge in [-0.3, -0.25) is 4.79 Å². The molecule has 0 aliphatic rings. The SMILES string of the molecule is COc1ccc(C)cc1CN(C)C(=O)CCCCCl. The maximum absolute atomic E-state index is 11.9. The van der Waals surface area contributed by atoms with Crippen molar-refractivity contribution >= 4 is 17.5 Å². The molecule has 0 fully saturated rings. The Morgan fingerprint density at radius 2 is 2.11 bits per heavy atom. The third-order valence-corrected chi connectivity index (χ3v) is 3.31. The minimum Gasteiger partial charge on any atom is -0.496 e. The lowest BCUT2D eigenvalue weighted by atomic mass is 10.1. The molecular formula is C15H22ClNO2. The van der Waals surface area contributed by atoms with E-state index in [4.69, 9.17) is 16.3 Å². The second kappa shape index (κ2) is 8.05. The molecule has 0 unspecified atom stereocenters. The zero-order valence-corrected chi connectivity index (χ0v) is 12.7. The molecule has 1 rings (SSSR count). The predicted octanol–water partition coefficient (Wildman–Crippen LogP) is 3.37. The van der Waals surface area contributed by atoms with Crippen molar-refractivity contribution in [1.29, 1.82) is 0 Å². The van der Waals surface area contributed by atoms with Gasteiger partial charge in [0.2, 0.25) is 5.91 Å². The van der Waals surface area contributed by atoms with E-state index >= 15 is 0 Å². The summed E-state index contributed by atoms with van der Waals surface area (Å²) >= 11 is 5.61. The van der Waals surface area contributed by atoms with Gasteiger partial charge in [-0.15, -0.1) is 11.6 Å². The van der Waals surface area contributed by atoms with Gasteiger partial charge in [-0.05, 0) is 25.8 Å². The molecule has 0 bridgehead atoms. The lowest BCUT2D eigenvalue weighted by Crippen LogP contribution is -2.26. The quantitative estimate of drug-likeness (QED) is 0.567. The Bertz CT molecular complexity index is 421. The zero-order valence-electron chi connectivity index (χ0n) is 11.9. The second-order valence-electron chi connectivity index (χ2n) is 4.71. The molecule has 0 saturated carbocycles. The van der Waals surface area contributed by atoms with Crippen molar-refractivity contribution in [3.05, 3.63) is 29.3 Å². The van der Waals surface area contributed by atoms with Gasteiger partial charge in [0.25, 0.3) is 0 Å². The summed E-state index contributed by atoms with van der Waals surface area (Å²) in [6.45, 7) is 2.61. The fraction of sp³-hybridized carbons (Fsp3) is 0.533. The zero-order chi connectivity index (χ0) is 14.3. The molecule has 106 valence electrons. The van der Waals surface area contributed by atoms with Crippen LogP contribution >= 0.6 is 11.6 Å². The van der Waals surface area contributed by atoms with E-state index in [0.717, 1.165) is 24.2 Å². The van der Waals surface area contributed by atoms with Gasteiger partial charge in [0.15, 0.2) is 0 Å². The molecule has 1 aromatic rings. The summed E-state index contributed by atoms with van der Waals surface area (Å²) in [6, 6.07) is 6.00. The van der Waals surface area contributed by atoms with Gasteiger partial charge >= 0.3 is 0 Å². The van der Waals surface area contributed by atoms with Gasteiger partial charge in [-0.25, -0.2) is 0 Å². The highest BCUT2D eigenvalue weighted by Gasteiger charge is 2.11. The molecule has 0 N–H and O–H groups in total. The monoisotopic (exact) mass is 283 g/mol. The lowest BCUT2D eigenvalue weighted by molar-refractivity contribution is -0.130. The highest BCUT2D eigenvalue weighted by atomic mass is 35.5. The molecule has 3 nitrogen and oxygen atoms in total. The summed E-state index contributed by atoms with van der Waals surface area (Å²) in [7, 11) is 3.47. The summed E-state index contributed by atoms with van der Waals surface area (Å²) in [5, 5.41) is 0. The Morgan fingerprint density at radius 3 is 2.74 bits per heavy atom. The normalized spacial score (nSPS) is 10.3. The van der Waals surface area contributed by atoms with Crippen molar-refractivity contribution in [2.45, 2.75) is 32.7 Å². The van der Waals surface area contributed by atoms with E-state index in [2.05, 4.69) is 6.07 Å². The molecular weight excluding hydrogens is 262 g/mol. The number of halogens is 1. The van der Waals surface area contributed by atoms with Crippen LogP contribution in [-0.4, -0.2) is 30.8 Å². The third kappa shape index (κ3) is 5.11. The van der Waals surface area contributed by atoms with Gasteiger partial charge < -0.3 is 9.64 Å². The predicted molar refractivity (Wildman–Crippen MR) is 78.8 cm³/mol. The van der Waals surface area contributed by atoms with E-state index in [1.807, 2.05) is 26.1 Å². The maximum atomic E-state index is 11.9. The molecule has 0 aromatic heterocycles. The van der Waals surface area contributed by atoms with Crippen molar-refractivity contribution in [3.8, 4) is 5.75 Å². The smallest absolute Gasteiger partial charge is 0.222 e. The Hall–Kier alpha value is -1.22. The number of rotatable bonds is 7. The first-order valence-corrected chi connectivity index (χ1v) is 7.05. The molecule has 1 amide bonds. The number of carbonyl (C=O) groups is 1. The molecule has 0 atom stereocenters. The Balaban J connectivity index is 2.62. The van der Waals surface area contributed by atoms with Crippen LogP contribution in [0.5, 0.6) is 5.75 Å². The van der Waals surface area contributed by atoms with E-state index in [0.29, 0.717) is 18.8 Å². The number of methoxy groups -OCH3 is 1. The van der Waals surface area contributed by atoms with Gasteiger partial charge in [0, 0.05) is 31.5 Å². The molecule has 0 saturated heterocycles. The number of alkyl halides is 1. The van der Waals surface area contributed by atoms with Crippen molar-refractivity contribution < 1.29 is 9.53 Å². The summed E-state index contributed by atoms with van der Waals surface area (Å²) in [5.74, 6) is 1.59. The number of hydrogen-bond acceptors (Lipinski definition) is 2. The van der Waals surface area contributed by atoms with E-state index in [9.17, 15) is 4.79 Å². The first-order valence-electron chi connectivity index (χ1n) is 6.52. The fourth-order valence-electron chi connectivity index (χ4n) is 1.94. The van der Waals surface area contributed by atoms with Gasteiger partial charge in [-0.1, -0.05) is 17.7 Å². The summed E-state index contributed by atoms with van der Waals surface area (Å²) < 4.78 is 5.32. The second-order valence-corrected chi connectivity index (χ2v) is 5.09. The van der Waals surface area contributed by atoms with Gasteiger partial charge in [0.1, 0.15) is 5.75 Å². The minimum absolute atomic E-state index is 0.147. The van der Waals surface area contributed by atoms with Crippen LogP contribution < -0.4 is 4.74 Å². The highest BCUT2D eigenvalue weighted by molar-refractivity contribution is 6.17. The first kappa shape index (κ1) is 15.8.